The zero-order valence-electron chi connectivity index (χ0n) is 15.6. The van der Waals surface area contributed by atoms with Crippen LogP contribution in [0.1, 0.15) is 11.1 Å². The molecule has 3 rings (SSSR count). The summed E-state index contributed by atoms with van der Waals surface area (Å²) < 4.78 is 22.2. The molecule has 28 heavy (non-hydrogen) atoms. The van der Waals surface area contributed by atoms with Crippen molar-refractivity contribution in [2.75, 3.05) is 20.0 Å². The van der Waals surface area contributed by atoms with Gasteiger partial charge in [-0.25, -0.2) is 4.98 Å². The molecule has 7 heteroatoms. The molecule has 0 radical (unpaired) electrons. The number of hydrogen-bond acceptors (Lipinski definition) is 6. The maximum absolute atomic E-state index is 5.93. The van der Waals surface area contributed by atoms with Crippen molar-refractivity contribution >= 4 is 17.4 Å². The van der Waals surface area contributed by atoms with E-state index < -0.39 is 0 Å². The van der Waals surface area contributed by atoms with Crippen LogP contribution >= 0.6 is 11.6 Å². The molecule has 2 N–H and O–H groups in total. The number of rotatable bonds is 8. The third-order valence-corrected chi connectivity index (χ3v) is 4.23. The molecular formula is C21H21ClN2O4. The summed E-state index contributed by atoms with van der Waals surface area (Å²) in [4.78, 5) is 3.97. The van der Waals surface area contributed by atoms with Gasteiger partial charge in [0.25, 0.3) is 0 Å². The van der Waals surface area contributed by atoms with Crippen LogP contribution in [-0.2, 0) is 13.2 Å². The Morgan fingerprint density at radius 1 is 0.821 bits per heavy atom. The highest BCUT2D eigenvalue weighted by Crippen LogP contribution is 2.30. The second-order valence-electron chi connectivity index (χ2n) is 5.95. The monoisotopic (exact) mass is 400 g/mol. The number of pyridine rings is 1. The Bertz CT molecular complexity index is 932. The van der Waals surface area contributed by atoms with Crippen LogP contribution in [0.3, 0.4) is 0 Å². The van der Waals surface area contributed by atoms with E-state index in [0.29, 0.717) is 35.5 Å². The number of halogens is 1. The van der Waals surface area contributed by atoms with Gasteiger partial charge in [0.1, 0.15) is 19.0 Å². The zero-order chi connectivity index (χ0) is 19.9. The highest BCUT2D eigenvalue weighted by Gasteiger charge is 2.09. The number of benzene rings is 2. The largest absolute Gasteiger partial charge is 0.497 e. The molecule has 3 aromatic rings. The average Bonchev–Trinajstić information content (AvgIpc) is 2.73. The third-order valence-electron chi connectivity index (χ3n) is 4.02. The highest BCUT2D eigenvalue weighted by atomic mass is 35.5. The molecule has 0 unspecified atom stereocenters. The summed E-state index contributed by atoms with van der Waals surface area (Å²) in [5, 5.41) is 0.462. The van der Waals surface area contributed by atoms with Crippen LogP contribution < -0.4 is 24.7 Å². The van der Waals surface area contributed by atoms with Crippen molar-refractivity contribution < 1.29 is 18.9 Å². The van der Waals surface area contributed by atoms with E-state index >= 15 is 0 Å². The first-order valence-electron chi connectivity index (χ1n) is 8.55. The molecule has 0 saturated heterocycles. The van der Waals surface area contributed by atoms with Crippen molar-refractivity contribution in [3.05, 3.63) is 70.9 Å². The minimum atomic E-state index is 0.288. The van der Waals surface area contributed by atoms with E-state index in [0.717, 1.165) is 16.9 Å². The van der Waals surface area contributed by atoms with Crippen molar-refractivity contribution in [2.45, 2.75) is 13.2 Å². The number of nitrogens with zero attached hydrogens (tertiary/aromatic N) is 1. The molecule has 0 amide bonds. The van der Waals surface area contributed by atoms with Crippen LogP contribution in [0.15, 0.2) is 54.7 Å². The number of methoxy groups -OCH3 is 2. The van der Waals surface area contributed by atoms with Crippen LogP contribution in [0.25, 0.3) is 0 Å². The smallest absolute Gasteiger partial charge is 0.166 e. The summed E-state index contributed by atoms with van der Waals surface area (Å²) in [6.07, 6.45) is 1.47. The van der Waals surface area contributed by atoms with Crippen LogP contribution in [0.4, 0.5) is 5.82 Å². The molecule has 0 aliphatic carbocycles. The number of hydrogen-bond donors (Lipinski definition) is 1. The van der Waals surface area contributed by atoms with Crippen LogP contribution in [-0.4, -0.2) is 19.2 Å². The maximum Gasteiger partial charge on any atom is 0.166 e. The quantitative estimate of drug-likeness (QED) is 0.600. The Morgan fingerprint density at radius 3 is 2.21 bits per heavy atom. The van der Waals surface area contributed by atoms with Gasteiger partial charge in [0.05, 0.1) is 19.2 Å². The molecule has 0 bridgehead atoms. The van der Waals surface area contributed by atoms with Gasteiger partial charge in [-0.2, -0.15) is 0 Å². The zero-order valence-corrected chi connectivity index (χ0v) is 16.4. The Hall–Kier alpha value is -3.12. The Balaban J connectivity index is 1.65. The lowest BCUT2D eigenvalue weighted by molar-refractivity contribution is 0.281. The third kappa shape index (κ3) is 4.98. The van der Waals surface area contributed by atoms with E-state index in [2.05, 4.69) is 4.98 Å². The van der Waals surface area contributed by atoms with Gasteiger partial charge in [0, 0.05) is 12.3 Å². The summed E-state index contributed by atoms with van der Waals surface area (Å²) in [5.41, 5.74) is 7.72. The van der Waals surface area contributed by atoms with Gasteiger partial charge >= 0.3 is 0 Å². The molecule has 1 heterocycles. The molecule has 146 valence electrons. The highest BCUT2D eigenvalue weighted by molar-refractivity contribution is 6.30. The Labute approximate surface area is 168 Å². The number of nitrogens with two attached hydrogens (primary N) is 1. The van der Waals surface area contributed by atoms with Crippen molar-refractivity contribution in [3.8, 4) is 23.0 Å². The molecule has 0 atom stereocenters. The number of ether oxygens (including phenoxy) is 4. The SMILES string of the molecule is COc1ccc(COc2ccc(COc3cc(Cl)cnc3N)cc2OC)cc1. The molecule has 0 saturated carbocycles. The second kappa shape index (κ2) is 9.19. The first-order chi connectivity index (χ1) is 13.6. The normalized spacial score (nSPS) is 10.4. The van der Waals surface area contributed by atoms with E-state index in [1.807, 2.05) is 42.5 Å². The first-order valence-corrected chi connectivity index (χ1v) is 8.93. The van der Waals surface area contributed by atoms with Gasteiger partial charge in [-0.05, 0) is 35.4 Å². The van der Waals surface area contributed by atoms with Gasteiger partial charge in [0.15, 0.2) is 23.1 Å². The maximum atomic E-state index is 5.93. The summed E-state index contributed by atoms with van der Waals surface area (Å²) >= 11 is 5.93. The van der Waals surface area contributed by atoms with Gasteiger partial charge < -0.3 is 24.7 Å². The second-order valence-corrected chi connectivity index (χ2v) is 6.38. The van der Waals surface area contributed by atoms with Crippen molar-refractivity contribution in [2.24, 2.45) is 0 Å². The van der Waals surface area contributed by atoms with E-state index in [4.69, 9.17) is 36.3 Å². The van der Waals surface area contributed by atoms with Crippen LogP contribution in [0.2, 0.25) is 5.02 Å². The van der Waals surface area contributed by atoms with E-state index in [1.54, 1.807) is 20.3 Å². The predicted molar refractivity (Wildman–Crippen MR) is 108 cm³/mol. The Kier molecular flexibility index (Phi) is 6.45. The standard InChI is InChI=1S/C21H21ClN2O4/c1-25-17-6-3-14(4-7-17)12-27-18-8-5-15(9-19(18)26-2)13-28-20-10-16(22)11-24-21(20)23/h3-11H,12-13H2,1-2H3,(H2,23,24). The molecule has 0 spiro atoms. The molecule has 2 aromatic carbocycles. The van der Waals surface area contributed by atoms with E-state index in [9.17, 15) is 0 Å². The van der Waals surface area contributed by atoms with Gasteiger partial charge in [-0.3, -0.25) is 0 Å². The molecule has 0 aliphatic heterocycles. The minimum absolute atomic E-state index is 0.288. The molecule has 0 fully saturated rings. The topological polar surface area (TPSA) is 75.8 Å². The van der Waals surface area contributed by atoms with Gasteiger partial charge in [-0.15, -0.1) is 0 Å². The molecular weight excluding hydrogens is 380 g/mol. The molecule has 1 aromatic heterocycles. The lowest BCUT2D eigenvalue weighted by Gasteiger charge is -2.13. The van der Waals surface area contributed by atoms with Crippen LogP contribution in [0.5, 0.6) is 23.0 Å². The van der Waals surface area contributed by atoms with E-state index in [1.165, 1.54) is 6.20 Å². The van der Waals surface area contributed by atoms with Crippen molar-refractivity contribution in [3.63, 3.8) is 0 Å². The lowest BCUT2D eigenvalue weighted by Crippen LogP contribution is -2.02. The van der Waals surface area contributed by atoms with Gasteiger partial charge in [-0.1, -0.05) is 29.8 Å². The number of anilines is 1. The van der Waals surface area contributed by atoms with Crippen molar-refractivity contribution in [1.82, 2.24) is 4.98 Å². The fourth-order valence-electron chi connectivity index (χ4n) is 2.51. The summed E-state index contributed by atoms with van der Waals surface area (Å²) in [6, 6.07) is 14.9. The number of aromatic nitrogens is 1. The van der Waals surface area contributed by atoms with Crippen LogP contribution in [0, 0.1) is 0 Å². The van der Waals surface area contributed by atoms with E-state index in [-0.39, 0.29) is 5.82 Å². The molecule has 0 aliphatic rings. The summed E-state index contributed by atoms with van der Waals surface area (Å²) in [7, 11) is 3.23. The predicted octanol–water partition coefficient (Wildman–Crippen LogP) is 4.49. The fraction of sp³-hybridized carbons (Fsp3) is 0.190. The Morgan fingerprint density at radius 2 is 1.50 bits per heavy atom. The number of nitrogen functional groups attached to an aromatic ring is 1. The molecule has 6 nitrogen and oxygen atoms in total. The summed E-state index contributed by atoms with van der Waals surface area (Å²) in [6.45, 7) is 0.711. The average molecular weight is 401 g/mol. The fourth-order valence-corrected chi connectivity index (χ4v) is 2.66. The van der Waals surface area contributed by atoms with Crippen molar-refractivity contribution in [1.29, 1.82) is 0 Å². The summed E-state index contributed by atoms with van der Waals surface area (Å²) in [5.74, 6) is 2.79. The first kappa shape index (κ1) is 19.6. The van der Waals surface area contributed by atoms with Gasteiger partial charge in [0.2, 0.25) is 0 Å². The minimum Gasteiger partial charge on any atom is -0.497 e. The lowest BCUT2D eigenvalue weighted by atomic mass is 10.2.